The molecule has 2 heterocycles. The van der Waals surface area contributed by atoms with Crippen LogP contribution in [0.3, 0.4) is 0 Å². The van der Waals surface area contributed by atoms with Crippen LogP contribution in [0.2, 0.25) is 0 Å². The van der Waals surface area contributed by atoms with Crippen LogP contribution in [0, 0.1) is 5.92 Å². The van der Waals surface area contributed by atoms with Crippen molar-refractivity contribution >= 4 is 11.9 Å². The number of aliphatic carboxylic acids is 1. The molecule has 0 saturated carbocycles. The predicted octanol–water partition coefficient (Wildman–Crippen LogP) is -0.266. The van der Waals surface area contributed by atoms with Crippen LogP contribution in [0.5, 0.6) is 0 Å². The minimum absolute atomic E-state index is 0.0154. The molecule has 2 saturated heterocycles. The summed E-state index contributed by atoms with van der Waals surface area (Å²) in [5.74, 6) is -1.13. The molecule has 0 aliphatic carbocycles. The minimum Gasteiger partial charge on any atom is -0.480 e. The van der Waals surface area contributed by atoms with E-state index in [-0.39, 0.29) is 17.4 Å². The number of carbonyl (C=O) groups excluding carboxylic acids is 1. The third-order valence-electron chi connectivity index (χ3n) is 4.01. The van der Waals surface area contributed by atoms with E-state index in [0.717, 1.165) is 19.3 Å². The van der Waals surface area contributed by atoms with Crippen LogP contribution in [0.25, 0.3) is 0 Å². The molecule has 6 nitrogen and oxygen atoms in total. The molecule has 0 bridgehead atoms. The molecule has 2 aliphatic heterocycles. The highest BCUT2D eigenvalue weighted by atomic mass is 16.5. The van der Waals surface area contributed by atoms with Crippen LogP contribution >= 0.6 is 0 Å². The fourth-order valence-corrected chi connectivity index (χ4v) is 2.89. The fraction of sp³-hybridized carbons (Fsp3) is 0.833. The lowest BCUT2D eigenvalue weighted by molar-refractivity contribution is -0.140. The molecule has 6 heteroatoms. The summed E-state index contributed by atoms with van der Waals surface area (Å²) in [6, 6.07) is -0.657. The Balaban J connectivity index is 1.98. The van der Waals surface area contributed by atoms with Gasteiger partial charge in [-0.2, -0.15) is 0 Å². The minimum atomic E-state index is -0.904. The van der Waals surface area contributed by atoms with Gasteiger partial charge < -0.3 is 20.5 Å². The smallest absolute Gasteiger partial charge is 0.320 e. The number of carboxylic acid groups (broad SMARTS) is 1. The molecule has 2 atom stereocenters. The third kappa shape index (κ3) is 2.64. The summed E-state index contributed by atoms with van der Waals surface area (Å²) in [5, 5.41) is 14.8. The molecule has 2 aliphatic rings. The topological polar surface area (TPSA) is 87.7 Å². The van der Waals surface area contributed by atoms with Crippen molar-refractivity contribution in [2.75, 3.05) is 20.3 Å². The van der Waals surface area contributed by atoms with Crippen LogP contribution in [-0.2, 0) is 14.3 Å². The van der Waals surface area contributed by atoms with Crippen molar-refractivity contribution in [2.45, 2.75) is 37.3 Å². The summed E-state index contributed by atoms with van der Waals surface area (Å²) >= 11 is 0. The maximum atomic E-state index is 11.9. The molecule has 3 N–H and O–H groups in total. The van der Waals surface area contributed by atoms with Crippen LogP contribution in [-0.4, -0.2) is 48.8 Å². The molecule has 0 radical (unpaired) electrons. The number of hydrogen-bond donors (Lipinski definition) is 3. The summed E-state index contributed by atoms with van der Waals surface area (Å²) < 4.78 is 5.31. The van der Waals surface area contributed by atoms with E-state index in [2.05, 4.69) is 10.6 Å². The molecular formula is C12H20N2O4. The SMILES string of the molecule is CN[C@@H](C[C@H]1CC2(CCOCC2)NC1=O)C(=O)O. The zero-order chi connectivity index (χ0) is 13.2. The van der Waals surface area contributed by atoms with Gasteiger partial charge in [0.05, 0.1) is 0 Å². The van der Waals surface area contributed by atoms with E-state index in [0.29, 0.717) is 19.6 Å². The number of carbonyl (C=O) groups is 2. The molecule has 0 aromatic carbocycles. The van der Waals surface area contributed by atoms with Gasteiger partial charge in [0.2, 0.25) is 5.91 Å². The first-order chi connectivity index (χ1) is 8.56. The largest absolute Gasteiger partial charge is 0.480 e. The van der Waals surface area contributed by atoms with Gasteiger partial charge in [-0.3, -0.25) is 9.59 Å². The van der Waals surface area contributed by atoms with Gasteiger partial charge in [0.25, 0.3) is 0 Å². The summed E-state index contributed by atoms with van der Waals surface area (Å²) in [4.78, 5) is 22.9. The lowest BCUT2D eigenvalue weighted by Crippen LogP contribution is -2.45. The Morgan fingerprint density at radius 3 is 2.83 bits per heavy atom. The van der Waals surface area contributed by atoms with Gasteiger partial charge in [-0.1, -0.05) is 0 Å². The van der Waals surface area contributed by atoms with E-state index < -0.39 is 12.0 Å². The summed E-state index contributed by atoms with van der Waals surface area (Å²) in [6.45, 7) is 1.34. The Hall–Kier alpha value is -1.14. The van der Waals surface area contributed by atoms with E-state index in [1.54, 1.807) is 7.05 Å². The molecule has 2 fully saturated rings. The standard InChI is InChI=1S/C12H20N2O4/c1-13-9(11(16)17)6-8-7-12(14-10(8)15)2-4-18-5-3-12/h8-9,13H,2-7H2,1H3,(H,14,15)(H,16,17)/t8-,9-/m0/s1. The normalized spacial score (nSPS) is 28.1. The molecular weight excluding hydrogens is 236 g/mol. The molecule has 2 rings (SSSR count). The summed E-state index contributed by atoms with van der Waals surface area (Å²) in [7, 11) is 1.61. The van der Waals surface area contributed by atoms with Crippen LogP contribution in [0.15, 0.2) is 0 Å². The highest BCUT2D eigenvalue weighted by molar-refractivity contribution is 5.83. The van der Waals surface area contributed by atoms with Crippen molar-refractivity contribution < 1.29 is 19.4 Å². The number of amides is 1. The number of ether oxygens (including phenoxy) is 1. The van der Waals surface area contributed by atoms with Gasteiger partial charge in [-0.05, 0) is 32.7 Å². The van der Waals surface area contributed by atoms with E-state index in [9.17, 15) is 9.59 Å². The maximum absolute atomic E-state index is 11.9. The van der Waals surface area contributed by atoms with Gasteiger partial charge in [0.15, 0.2) is 0 Å². The van der Waals surface area contributed by atoms with Gasteiger partial charge in [-0.25, -0.2) is 0 Å². The third-order valence-corrected chi connectivity index (χ3v) is 4.01. The number of nitrogens with one attached hydrogen (secondary N) is 2. The lowest BCUT2D eigenvalue weighted by Gasteiger charge is -2.33. The number of carboxylic acids is 1. The first kappa shape index (κ1) is 13.3. The highest BCUT2D eigenvalue weighted by Gasteiger charge is 2.45. The first-order valence-corrected chi connectivity index (χ1v) is 6.36. The second-order valence-corrected chi connectivity index (χ2v) is 5.20. The zero-order valence-corrected chi connectivity index (χ0v) is 10.6. The maximum Gasteiger partial charge on any atom is 0.320 e. The molecule has 18 heavy (non-hydrogen) atoms. The quantitative estimate of drug-likeness (QED) is 0.644. The molecule has 0 unspecified atom stereocenters. The van der Waals surface area contributed by atoms with E-state index in [1.165, 1.54) is 0 Å². The van der Waals surface area contributed by atoms with Gasteiger partial charge in [0, 0.05) is 24.7 Å². The molecule has 1 amide bonds. The van der Waals surface area contributed by atoms with E-state index in [1.807, 2.05) is 0 Å². The first-order valence-electron chi connectivity index (χ1n) is 6.36. The fourth-order valence-electron chi connectivity index (χ4n) is 2.89. The van der Waals surface area contributed by atoms with Crippen molar-refractivity contribution in [3.05, 3.63) is 0 Å². The highest BCUT2D eigenvalue weighted by Crippen LogP contribution is 2.35. The Bertz CT molecular complexity index is 339. The number of likely N-dealkylation sites (N-methyl/N-ethyl adjacent to an activating group) is 1. The second-order valence-electron chi connectivity index (χ2n) is 5.20. The van der Waals surface area contributed by atoms with E-state index in [4.69, 9.17) is 9.84 Å². The zero-order valence-electron chi connectivity index (χ0n) is 10.6. The van der Waals surface area contributed by atoms with Gasteiger partial charge >= 0.3 is 5.97 Å². The van der Waals surface area contributed by atoms with Crippen molar-refractivity contribution in [1.82, 2.24) is 10.6 Å². The number of rotatable bonds is 4. The van der Waals surface area contributed by atoms with Crippen molar-refractivity contribution in [1.29, 1.82) is 0 Å². The average Bonchev–Trinajstić information content (AvgIpc) is 2.63. The Labute approximate surface area is 106 Å². The summed E-state index contributed by atoms with van der Waals surface area (Å²) in [6.07, 6.45) is 2.72. The van der Waals surface area contributed by atoms with E-state index >= 15 is 0 Å². The molecule has 0 aromatic heterocycles. The van der Waals surface area contributed by atoms with Crippen LogP contribution in [0.1, 0.15) is 25.7 Å². The summed E-state index contributed by atoms with van der Waals surface area (Å²) in [5.41, 5.74) is -0.156. The van der Waals surface area contributed by atoms with Crippen LogP contribution in [0.4, 0.5) is 0 Å². The van der Waals surface area contributed by atoms with Crippen molar-refractivity contribution in [2.24, 2.45) is 5.92 Å². The molecule has 102 valence electrons. The molecule has 1 spiro atoms. The Morgan fingerprint density at radius 1 is 1.61 bits per heavy atom. The Kier molecular flexibility index (Phi) is 3.87. The van der Waals surface area contributed by atoms with Crippen molar-refractivity contribution in [3.63, 3.8) is 0 Å². The lowest BCUT2D eigenvalue weighted by atomic mass is 9.84. The molecule has 0 aromatic rings. The van der Waals surface area contributed by atoms with Gasteiger partial charge in [0.1, 0.15) is 6.04 Å². The van der Waals surface area contributed by atoms with Gasteiger partial charge in [-0.15, -0.1) is 0 Å². The predicted molar refractivity (Wildman–Crippen MR) is 64.1 cm³/mol. The van der Waals surface area contributed by atoms with Crippen LogP contribution < -0.4 is 10.6 Å². The monoisotopic (exact) mass is 256 g/mol. The second kappa shape index (κ2) is 5.24. The number of hydrogen-bond acceptors (Lipinski definition) is 4. The Morgan fingerprint density at radius 2 is 2.28 bits per heavy atom. The average molecular weight is 256 g/mol. The van der Waals surface area contributed by atoms with Crippen molar-refractivity contribution in [3.8, 4) is 0 Å².